The first-order valence-electron chi connectivity index (χ1n) is 13.2. The monoisotopic (exact) mass is 554 g/mol. The highest BCUT2D eigenvalue weighted by Crippen LogP contribution is 2.35. The summed E-state index contributed by atoms with van der Waals surface area (Å²) >= 11 is 6.32. The van der Waals surface area contributed by atoms with Crippen molar-refractivity contribution in [3.8, 4) is 5.75 Å². The zero-order valence-electron chi connectivity index (χ0n) is 21.3. The Kier molecular flexibility index (Phi) is 9.90. The average molecular weight is 555 g/mol. The van der Waals surface area contributed by atoms with Gasteiger partial charge in [-0.05, 0) is 57.3 Å². The summed E-state index contributed by atoms with van der Waals surface area (Å²) in [6.45, 7) is 4.91. The van der Waals surface area contributed by atoms with Crippen molar-refractivity contribution in [2.24, 2.45) is 0 Å². The summed E-state index contributed by atoms with van der Waals surface area (Å²) in [5.41, 5.74) is -0.533. The summed E-state index contributed by atoms with van der Waals surface area (Å²) in [6.07, 6.45) is 2.67. The van der Waals surface area contributed by atoms with E-state index in [0.29, 0.717) is 49.0 Å². The fourth-order valence-corrected chi connectivity index (χ4v) is 4.81. The van der Waals surface area contributed by atoms with Crippen LogP contribution in [0.2, 0.25) is 5.02 Å². The number of nitrogens with one attached hydrogen (secondary N) is 2. The van der Waals surface area contributed by atoms with Crippen LogP contribution in [0.3, 0.4) is 0 Å². The molecule has 4 rings (SSSR count). The van der Waals surface area contributed by atoms with E-state index in [1.54, 1.807) is 23.1 Å². The first-order chi connectivity index (χ1) is 18.3. The number of hydrogen-bond donors (Lipinski definition) is 2. The minimum absolute atomic E-state index is 0.0286. The molecular weight excluding hydrogens is 521 g/mol. The maximum atomic E-state index is 13.6. The minimum atomic E-state index is -4.62. The third kappa shape index (κ3) is 8.10. The highest BCUT2D eigenvalue weighted by Gasteiger charge is 2.35. The molecule has 38 heavy (non-hydrogen) atoms. The van der Waals surface area contributed by atoms with Crippen LogP contribution in [0, 0.1) is 0 Å². The van der Waals surface area contributed by atoms with Gasteiger partial charge >= 0.3 is 6.18 Å². The van der Waals surface area contributed by atoms with Crippen molar-refractivity contribution in [3.05, 3.63) is 35.0 Å². The summed E-state index contributed by atoms with van der Waals surface area (Å²) in [7, 11) is 0. The van der Waals surface area contributed by atoms with Crippen molar-refractivity contribution in [1.82, 2.24) is 19.8 Å². The summed E-state index contributed by atoms with van der Waals surface area (Å²) in [6, 6.07) is 5.09. The number of ether oxygens (including phenoxy) is 1. The van der Waals surface area contributed by atoms with E-state index in [0.717, 1.165) is 38.7 Å². The number of piperidine rings is 2. The standard InChI is InChI=1S/C26H34ClF3N6O2/c27-21-9-8-19(38-16-15-35-11-3-1-4-12-35)17-22(21)33-25-32-18-20(26(28,29)30)24(34-25)31-10-6-14-36-13-5-2-7-23(36)37/h8-9,17-18H,1-7,10-16H2,(H2,31,32,33,34). The van der Waals surface area contributed by atoms with E-state index in [-0.39, 0.29) is 24.2 Å². The van der Waals surface area contributed by atoms with Gasteiger partial charge in [-0.15, -0.1) is 0 Å². The molecule has 0 spiro atoms. The van der Waals surface area contributed by atoms with Gasteiger partial charge in [-0.2, -0.15) is 18.2 Å². The Labute approximate surface area is 225 Å². The number of aromatic nitrogens is 2. The second-order valence-corrected chi connectivity index (χ2v) is 10.00. The van der Waals surface area contributed by atoms with E-state index in [1.165, 1.54) is 19.3 Å². The molecule has 2 aromatic rings. The van der Waals surface area contributed by atoms with Gasteiger partial charge in [0.2, 0.25) is 11.9 Å². The lowest BCUT2D eigenvalue weighted by molar-refractivity contribution is -0.137. The third-order valence-corrected chi connectivity index (χ3v) is 7.05. The van der Waals surface area contributed by atoms with Crippen LogP contribution in [0.1, 0.15) is 50.5 Å². The molecule has 8 nitrogen and oxygen atoms in total. The maximum absolute atomic E-state index is 13.6. The van der Waals surface area contributed by atoms with Crippen molar-refractivity contribution in [2.75, 3.05) is 56.5 Å². The molecule has 0 unspecified atom stereocenters. The predicted molar refractivity (Wildman–Crippen MR) is 141 cm³/mol. The lowest BCUT2D eigenvalue weighted by Crippen LogP contribution is -2.36. The topological polar surface area (TPSA) is 82.6 Å². The van der Waals surface area contributed by atoms with Gasteiger partial charge in [-0.3, -0.25) is 9.69 Å². The molecule has 1 aromatic carbocycles. The lowest BCUT2D eigenvalue weighted by atomic mass is 10.1. The first kappa shape index (κ1) is 28.2. The summed E-state index contributed by atoms with van der Waals surface area (Å²) in [5.74, 6) is 0.325. The van der Waals surface area contributed by atoms with Crippen LogP contribution in [-0.2, 0) is 11.0 Å². The van der Waals surface area contributed by atoms with Gasteiger partial charge in [-0.1, -0.05) is 18.0 Å². The van der Waals surface area contributed by atoms with Gasteiger partial charge in [0.25, 0.3) is 0 Å². The molecule has 1 amide bonds. The Bertz CT molecular complexity index is 1080. The first-order valence-corrected chi connectivity index (χ1v) is 13.5. The van der Waals surface area contributed by atoms with Gasteiger partial charge in [0.15, 0.2) is 0 Å². The second kappa shape index (κ2) is 13.3. The molecule has 0 aliphatic carbocycles. The molecule has 2 aliphatic heterocycles. The smallest absolute Gasteiger partial charge is 0.421 e. The van der Waals surface area contributed by atoms with Gasteiger partial charge in [0.1, 0.15) is 23.7 Å². The third-order valence-electron chi connectivity index (χ3n) is 6.72. The molecule has 208 valence electrons. The zero-order chi connectivity index (χ0) is 27.0. The van der Waals surface area contributed by atoms with Crippen LogP contribution in [-0.4, -0.2) is 71.6 Å². The average Bonchev–Trinajstić information content (AvgIpc) is 2.89. The molecule has 2 saturated heterocycles. The molecule has 2 fully saturated rings. The number of likely N-dealkylation sites (tertiary alicyclic amines) is 2. The van der Waals surface area contributed by atoms with E-state index in [2.05, 4.69) is 25.5 Å². The number of anilines is 3. The Morgan fingerprint density at radius 1 is 1.05 bits per heavy atom. The zero-order valence-corrected chi connectivity index (χ0v) is 22.1. The van der Waals surface area contributed by atoms with Gasteiger partial charge < -0.3 is 20.3 Å². The quantitative estimate of drug-likeness (QED) is 0.351. The number of halogens is 4. The molecular formula is C26H34ClF3N6O2. The number of alkyl halides is 3. The second-order valence-electron chi connectivity index (χ2n) is 9.59. The minimum Gasteiger partial charge on any atom is -0.492 e. The Morgan fingerprint density at radius 3 is 2.61 bits per heavy atom. The molecule has 2 N–H and O–H groups in total. The molecule has 0 atom stereocenters. The number of nitrogens with zero attached hydrogens (tertiary/aromatic N) is 4. The van der Waals surface area contributed by atoms with Crippen LogP contribution in [0.25, 0.3) is 0 Å². The van der Waals surface area contributed by atoms with Crippen LogP contribution in [0.4, 0.5) is 30.6 Å². The van der Waals surface area contributed by atoms with Crippen molar-refractivity contribution in [3.63, 3.8) is 0 Å². The van der Waals surface area contributed by atoms with E-state index >= 15 is 0 Å². The summed E-state index contributed by atoms with van der Waals surface area (Å²) in [4.78, 5) is 24.0. The van der Waals surface area contributed by atoms with E-state index in [9.17, 15) is 18.0 Å². The summed E-state index contributed by atoms with van der Waals surface area (Å²) in [5, 5.41) is 6.05. The fraction of sp³-hybridized carbons (Fsp3) is 0.577. The Morgan fingerprint density at radius 2 is 1.84 bits per heavy atom. The summed E-state index contributed by atoms with van der Waals surface area (Å²) < 4.78 is 46.7. The largest absolute Gasteiger partial charge is 0.492 e. The van der Waals surface area contributed by atoms with Crippen molar-refractivity contribution >= 4 is 35.0 Å². The van der Waals surface area contributed by atoms with E-state index in [4.69, 9.17) is 16.3 Å². The lowest BCUT2D eigenvalue weighted by Gasteiger charge is -2.26. The van der Waals surface area contributed by atoms with Crippen molar-refractivity contribution < 1.29 is 22.7 Å². The molecule has 0 radical (unpaired) electrons. The van der Waals surface area contributed by atoms with Crippen LogP contribution in [0.15, 0.2) is 24.4 Å². The van der Waals surface area contributed by atoms with Crippen LogP contribution < -0.4 is 15.4 Å². The van der Waals surface area contributed by atoms with E-state index in [1.807, 2.05) is 0 Å². The Balaban J connectivity index is 1.37. The van der Waals surface area contributed by atoms with Gasteiger partial charge in [-0.25, -0.2) is 4.98 Å². The molecule has 12 heteroatoms. The number of benzene rings is 1. The van der Waals surface area contributed by atoms with E-state index < -0.39 is 11.7 Å². The number of amides is 1. The molecule has 1 aromatic heterocycles. The number of hydrogen-bond acceptors (Lipinski definition) is 7. The molecule has 0 bridgehead atoms. The fourth-order valence-electron chi connectivity index (χ4n) is 4.65. The maximum Gasteiger partial charge on any atom is 0.421 e. The SMILES string of the molecule is O=C1CCCCN1CCCNc1nc(Nc2cc(OCCN3CCCCC3)ccc2Cl)ncc1C(F)(F)F. The van der Waals surface area contributed by atoms with Crippen LogP contribution >= 0.6 is 11.6 Å². The molecule has 2 aliphatic rings. The van der Waals surface area contributed by atoms with Gasteiger partial charge in [0.05, 0.1) is 10.7 Å². The number of carbonyl (C=O) groups excluding carboxylic acids is 1. The normalized spacial score (nSPS) is 16.9. The highest BCUT2D eigenvalue weighted by atomic mass is 35.5. The Hall–Kier alpha value is -2.79. The predicted octanol–water partition coefficient (Wildman–Crippen LogP) is 5.57. The van der Waals surface area contributed by atoms with Crippen molar-refractivity contribution in [2.45, 2.75) is 51.1 Å². The number of carbonyl (C=O) groups is 1. The van der Waals surface area contributed by atoms with Crippen LogP contribution in [0.5, 0.6) is 5.75 Å². The number of rotatable bonds is 11. The molecule has 3 heterocycles. The van der Waals surface area contributed by atoms with Gasteiger partial charge in [0, 0.05) is 44.9 Å². The highest BCUT2D eigenvalue weighted by molar-refractivity contribution is 6.33. The molecule has 0 saturated carbocycles. The van der Waals surface area contributed by atoms with Crippen molar-refractivity contribution in [1.29, 1.82) is 0 Å².